The molecule has 3 heterocycles. The summed E-state index contributed by atoms with van der Waals surface area (Å²) >= 11 is 1.60. The van der Waals surface area contributed by atoms with Gasteiger partial charge in [0.2, 0.25) is 5.91 Å². The van der Waals surface area contributed by atoms with Gasteiger partial charge in [0.1, 0.15) is 0 Å². The van der Waals surface area contributed by atoms with Crippen molar-refractivity contribution in [2.24, 2.45) is 5.10 Å². The number of carbonyl (C=O) groups is 2. The van der Waals surface area contributed by atoms with Crippen LogP contribution in [0, 0.1) is 0 Å². The van der Waals surface area contributed by atoms with Crippen LogP contribution in [-0.4, -0.2) is 22.5 Å². The van der Waals surface area contributed by atoms with E-state index < -0.39 is 0 Å². The molecule has 2 aromatic heterocycles. The lowest BCUT2D eigenvalue weighted by molar-refractivity contribution is -0.114. The second-order valence-corrected chi connectivity index (χ2v) is 7.15. The number of furan rings is 1. The SMILES string of the molecule is CC(=O)Nc1ccc(C2=NN(C(=O)c3ccco3)C(c3cccs3)C2)cc1. The highest BCUT2D eigenvalue weighted by molar-refractivity contribution is 7.10. The predicted octanol–water partition coefficient (Wildman–Crippen LogP) is 4.29. The van der Waals surface area contributed by atoms with E-state index in [2.05, 4.69) is 10.4 Å². The summed E-state index contributed by atoms with van der Waals surface area (Å²) < 4.78 is 5.27. The summed E-state index contributed by atoms with van der Waals surface area (Å²) in [6, 6.07) is 14.6. The molecule has 1 aromatic carbocycles. The Labute approximate surface area is 160 Å². The number of hydrogen-bond acceptors (Lipinski definition) is 5. The maximum atomic E-state index is 12.8. The highest BCUT2D eigenvalue weighted by Crippen LogP contribution is 2.36. The molecule has 3 aromatic rings. The Bertz CT molecular complexity index is 976. The normalized spacial score (nSPS) is 16.3. The minimum absolute atomic E-state index is 0.117. The first-order chi connectivity index (χ1) is 13.1. The fraction of sp³-hybridized carbons (Fsp3) is 0.150. The highest BCUT2D eigenvalue weighted by atomic mass is 32.1. The molecule has 2 amide bonds. The van der Waals surface area contributed by atoms with Crippen molar-refractivity contribution in [2.75, 3.05) is 5.32 Å². The Morgan fingerprint density at radius 2 is 2.00 bits per heavy atom. The average molecular weight is 379 g/mol. The van der Waals surface area contributed by atoms with Crippen molar-refractivity contribution in [1.82, 2.24) is 5.01 Å². The minimum Gasteiger partial charge on any atom is -0.459 e. The molecule has 0 aliphatic carbocycles. The largest absolute Gasteiger partial charge is 0.459 e. The van der Waals surface area contributed by atoms with Crippen LogP contribution in [0.5, 0.6) is 0 Å². The molecule has 0 fully saturated rings. The van der Waals surface area contributed by atoms with Crippen LogP contribution in [0.25, 0.3) is 0 Å². The molecule has 0 saturated carbocycles. The molecule has 1 aliphatic heterocycles. The highest BCUT2D eigenvalue weighted by Gasteiger charge is 2.35. The van der Waals surface area contributed by atoms with E-state index in [9.17, 15) is 9.59 Å². The number of amides is 2. The minimum atomic E-state index is -0.261. The van der Waals surface area contributed by atoms with E-state index in [-0.39, 0.29) is 23.6 Å². The van der Waals surface area contributed by atoms with E-state index in [1.54, 1.807) is 23.5 Å². The number of hydrogen-bond donors (Lipinski definition) is 1. The molecule has 0 radical (unpaired) electrons. The van der Waals surface area contributed by atoms with E-state index in [1.165, 1.54) is 18.2 Å². The van der Waals surface area contributed by atoms with Gasteiger partial charge in [-0.1, -0.05) is 18.2 Å². The number of carbonyl (C=O) groups excluding carboxylic acids is 2. The zero-order chi connectivity index (χ0) is 18.8. The molecule has 0 bridgehead atoms. The van der Waals surface area contributed by atoms with E-state index in [1.807, 2.05) is 41.8 Å². The van der Waals surface area contributed by atoms with E-state index in [0.717, 1.165) is 21.8 Å². The lowest BCUT2D eigenvalue weighted by Gasteiger charge is -2.19. The summed E-state index contributed by atoms with van der Waals surface area (Å²) in [5.74, 6) is -0.111. The molecule has 27 heavy (non-hydrogen) atoms. The number of thiophene rings is 1. The Morgan fingerprint density at radius 1 is 1.19 bits per heavy atom. The first kappa shape index (κ1) is 17.2. The van der Waals surface area contributed by atoms with Gasteiger partial charge in [-0.2, -0.15) is 5.10 Å². The summed E-state index contributed by atoms with van der Waals surface area (Å²) in [5.41, 5.74) is 2.46. The standard InChI is InChI=1S/C20H17N3O3S/c1-13(24)21-15-8-6-14(7-9-15)16-12-17(19-5-3-11-27-19)23(22-16)20(25)18-4-2-10-26-18/h2-11,17H,12H2,1H3,(H,21,24). The van der Waals surface area contributed by atoms with E-state index >= 15 is 0 Å². The smallest absolute Gasteiger partial charge is 0.310 e. The fourth-order valence-corrected chi connectivity index (χ4v) is 3.85. The van der Waals surface area contributed by atoms with E-state index in [0.29, 0.717) is 6.42 Å². The Hall–Kier alpha value is -3.19. The number of benzene rings is 1. The second-order valence-electron chi connectivity index (χ2n) is 6.17. The third kappa shape index (κ3) is 3.54. The van der Waals surface area contributed by atoms with Gasteiger partial charge in [0.15, 0.2) is 5.76 Å². The van der Waals surface area contributed by atoms with Gasteiger partial charge < -0.3 is 9.73 Å². The first-order valence-corrected chi connectivity index (χ1v) is 9.36. The van der Waals surface area contributed by atoms with Crippen LogP contribution < -0.4 is 5.32 Å². The number of nitrogens with zero attached hydrogens (tertiary/aromatic N) is 2. The Balaban J connectivity index is 1.64. The molecule has 4 rings (SSSR count). The molecule has 1 N–H and O–H groups in total. The first-order valence-electron chi connectivity index (χ1n) is 8.48. The average Bonchev–Trinajstić information content (AvgIpc) is 3.41. The van der Waals surface area contributed by atoms with Gasteiger partial charge >= 0.3 is 5.91 Å². The van der Waals surface area contributed by atoms with Crippen LogP contribution in [0.1, 0.15) is 40.4 Å². The summed E-state index contributed by atoms with van der Waals surface area (Å²) in [4.78, 5) is 25.1. The molecule has 1 unspecified atom stereocenters. The number of anilines is 1. The number of hydrazone groups is 1. The lowest BCUT2D eigenvalue weighted by Crippen LogP contribution is -2.26. The number of nitrogens with one attached hydrogen (secondary N) is 1. The van der Waals surface area contributed by atoms with Crippen molar-refractivity contribution in [2.45, 2.75) is 19.4 Å². The molecule has 7 heteroatoms. The molecule has 1 aliphatic rings. The zero-order valence-electron chi connectivity index (χ0n) is 14.6. The van der Waals surface area contributed by atoms with Crippen molar-refractivity contribution in [3.05, 3.63) is 76.4 Å². The van der Waals surface area contributed by atoms with Crippen LogP contribution in [0.2, 0.25) is 0 Å². The van der Waals surface area contributed by atoms with Gasteiger partial charge in [-0.25, -0.2) is 5.01 Å². The predicted molar refractivity (Wildman–Crippen MR) is 104 cm³/mol. The van der Waals surface area contributed by atoms with Crippen LogP contribution in [0.3, 0.4) is 0 Å². The summed E-state index contributed by atoms with van der Waals surface area (Å²) in [6.45, 7) is 1.47. The summed E-state index contributed by atoms with van der Waals surface area (Å²) in [7, 11) is 0. The maximum absolute atomic E-state index is 12.8. The van der Waals surface area contributed by atoms with Crippen LogP contribution >= 0.6 is 11.3 Å². The van der Waals surface area contributed by atoms with Gasteiger partial charge in [0, 0.05) is 23.9 Å². The van der Waals surface area contributed by atoms with Gasteiger partial charge in [-0.3, -0.25) is 9.59 Å². The second kappa shape index (κ2) is 7.20. The molecule has 0 spiro atoms. The van der Waals surface area contributed by atoms with Crippen molar-refractivity contribution in [3.8, 4) is 0 Å². The summed E-state index contributed by atoms with van der Waals surface area (Å²) in [6.07, 6.45) is 2.10. The third-order valence-corrected chi connectivity index (χ3v) is 5.23. The van der Waals surface area contributed by atoms with Crippen LogP contribution in [-0.2, 0) is 4.79 Å². The molecule has 0 saturated heterocycles. The zero-order valence-corrected chi connectivity index (χ0v) is 15.4. The molecule has 136 valence electrons. The third-order valence-electron chi connectivity index (χ3n) is 4.26. The number of rotatable bonds is 4. The van der Waals surface area contributed by atoms with Crippen molar-refractivity contribution in [3.63, 3.8) is 0 Å². The van der Waals surface area contributed by atoms with Crippen molar-refractivity contribution < 1.29 is 14.0 Å². The Kier molecular flexibility index (Phi) is 4.60. The maximum Gasteiger partial charge on any atom is 0.310 e. The van der Waals surface area contributed by atoms with Gasteiger partial charge in [0.05, 0.1) is 18.0 Å². The topological polar surface area (TPSA) is 74.9 Å². The monoisotopic (exact) mass is 379 g/mol. The van der Waals surface area contributed by atoms with Crippen molar-refractivity contribution in [1.29, 1.82) is 0 Å². The van der Waals surface area contributed by atoms with Gasteiger partial charge in [-0.15, -0.1) is 11.3 Å². The molecular formula is C20H17N3O3S. The van der Waals surface area contributed by atoms with E-state index in [4.69, 9.17) is 4.42 Å². The Morgan fingerprint density at radius 3 is 2.63 bits per heavy atom. The molecule has 1 atom stereocenters. The van der Waals surface area contributed by atoms with Crippen molar-refractivity contribution >= 4 is 34.6 Å². The van der Waals surface area contributed by atoms with Crippen LogP contribution in [0.15, 0.2) is 69.7 Å². The quantitative estimate of drug-likeness (QED) is 0.735. The molecule has 6 nitrogen and oxygen atoms in total. The van der Waals surface area contributed by atoms with Gasteiger partial charge in [-0.05, 0) is 41.3 Å². The summed E-state index contributed by atoms with van der Waals surface area (Å²) in [5, 5.41) is 10.8. The molecular weight excluding hydrogens is 362 g/mol. The lowest BCUT2D eigenvalue weighted by atomic mass is 10.0. The van der Waals surface area contributed by atoms with Gasteiger partial charge in [0.25, 0.3) is 0 Å². The van der Waals surface area contributed by atoms with Crippen LogP contribution in [0.4, 0.5) is 5.69 Å². The fourth-order valence-electron chi connectivity index (χ4n) is 3.04.